The predicted molar refractivity (Wildman–Crippen MR) is 205 cm³/mol. The van der Waals surface area contributed by atoms with E-state index in [2.05, 4.69) is 20.4 Å². The summed E-state index contributed by atoms with van der Waals surface area (Å²) in [6, 6.07) is 8.87. The Morgan fingerprint density at radius 3 is 2.23 bits per heavy atom. The summed E-state index contributed by atoms with van der Waals surface area (Å²) in [5, 5.41) is 18.2. The van der Waals surface area contributed by atoms with Crippen LogP contribution in [-0.2, 0) is 14.3 Å². The zero-order valence-electron chi connectivity index (χ0n) is 32.2. The number of carbonyl (C=O) groups is 3. The van der Waals surface area contributed by atoms with Crippen LogP contribution >= 0.6 is 11.3 Å². The maximum atomic E-state index is 14.2. The fourth-order valence-electron chi connectivity index (χ4n) is 8.17. The summed E-state index contributed by atoms with van der Waals surface area (Å²) < 4.78 is 11.4. The molecule has 3 amide bonds. The number of rotatable bonds is 9. The van der Waals surface area contributed by atoms with Crippen LogP contribution < -0.4 is 10.2 Å². The van der Waals surface area contributed by atoms with Gasteiger partial charge in [0.1, 0.15) is 17.6 Å². The van der Waals surface area contributed by atoms with E-state index in [9.17, 15) is 19.5 Å². The Morgan fingerprint density at radius 2 is 1.64 bits per heavy atom. The lowest BCUT2D eigenvalue weighted by atomic mass is 9.79. The molecule has 13 heteroatoms. The van der Waals surface area contributed by atoms with E-state index in [4.69, 9.17) is 9.26 Å². The van der Waals surface area contributed by atoms with Gasteiger partial charge in [-0.1, -0.05) is 43.3 Å². The third-order valence-electron chi connectivity index (χ3n) is 11.1. The summed E-state index contributed by atoms with van der Waals surface area (Å²) in [6.07, 6.45) is 3.19. The second kappa shape index (κ2) is 16.2. The smallest absolute Gasteiger partial charge is 0.410 e. The first-order valence-corrected chi connectivity index (χ1v) is 20.0. The quantitative estimate of drug-likeness (QED) is 0.249. The number of benzene rings is 1. The average molecular weight is 749 g/mol. The number of aromatic nitrogens is 2. The molecular weight excluding hydrogens is 693 g/mol. The summed E-state index contributed by atoms with van der Waals surface area (Å²) >= 11 is 1.60. The maximum Gasteiger partial charge on any atom is 0.410 e. The van der Waals surface area contributed by atoms with Crippen LogP contribution in [0.15, 0.2) is 40.4 Å². The van der Waals surface area contributed by atoms with Crippen LogP contribution in [-0.4, -0.2) is 93.4 Å². The van der Waals surface area contributed by atoms with Crippen LogP contribution in [0.4, 0.5) is 10.6 Å². The normalized spacial score (nSPS) is 21.6. The molecule has 3 aliphatic heterocycles. The van der Waals surface area contributed by atoms with Crippen molar-refractivity contribution in [2.75, 3.05) is 37.6 Å². The highest BCUT2D eigenvalue weighted by Gasteiger charge is 2.44. The van der Waals surface area contributed by atoms with Gasteiger partial charge in [0.15, 0.2) is 11.6 Å². The molecule has 2 aromatic heterocycles. The van der Waals surface area contributed by atoms with Crippen LogP contribution in [0.3, 0.4) is 0 Å². The number of nitrogens with one attached hydrogen (secondary N) is 1. The first kappa shape index (κ1) is 38.7. The van der Waals surface area contributed by atoms with Crippen molar-refractivity contribution in [2.45, 2.75) is 110 Å². The molecule has 1 aromatic carbocycles. The highest BCUT2D eigenvalue weighted by atomic mass is 32.1. The number of anilines is 1. The molecule has 0 spiro atoms. The number of carbonyl (C=O) groups excluding carboxylic acids is 3. The highest BCUT2D eigenvalue weighted by molar-refractivity contribution is 7.13. The number of aliphatic hydroxyl groups is 1. The molecule has 0 saturated carbocycles. The minimum Gasteiger partial charge on any atom is -0.444 e. The zero-order chi connectivity index (χ0) is 38.0. The number of aliphatic hydroxyl groups excluding tert-OH is 1. The number of amides is 3. The van der Waals surface area contributed by atoms with Gasteiger partial charge in [-0.3, -0.25) is 9.59 Å². The van der Waals surface area contributed by atoms with Gasteiger partial charge in [-0.25, -0.2) is 9.78 Å². The van der Waals surface area contributed by atoms with Crippen LogP contribution in [0.25, 0.3) is 10.4 Å². The molecule has 5 heterocycles. The van der Waals surface area contributed by atoms with Crippen molar-refractivity contribution in [3.63, 3.8) is 0 Å². The Bertz CT molecular complexity index is 1720. The lowest BCUT2D eigenvalue weighted by Crippen LogP contribution is -2.48. The Labute approximate surface area is 317 Å². The summed E-state index contributed by atoms with van der Waals surface area (Å²) in [6.45, 7) is 16.8. The van der Waals surface area contributed by atoms with Crippen molar-refractivity contribution >= 4 is 35.1 Å². The molecule has 288 valence electrons. The number of hydrogen-bond acceptors (Lipinski definition) is 10. The average Bonchev–Trinajstić information content (AvgIpc) is 3.88. The van der Waals surface area contributed by atoms with E-state index in [1.54, 1.807) is 11.3 Å². The van der Waals surface area contributed by atoms with E-state index in [-0.39, 0.29) is 42.8 Å². The van der Waals surface area contributed by atoms with E-state index in [0.717, 1.165) is 79.4 Å². The standard InChI is InChI=1S/C40H56N6O6S/c1-24(2)35(33-21-34(43-52-33)44-16-12-28(13-17-44)29-14-18-45(19-15-29)39(50)51-40(5,6)7)38(49)46-22-31(47)20-32(46)37(48)42-25(3)27-8-10-30(11-9-27)36-26(4)41-23-53-36/h8-11,21,23-25,28-29,31-32,35,47H,12-20,22H2,1-7H3,(H,42,48)/t25-,31+,32-,35+/m0/s1. The van der Waals surface area contributed by atoms with Crippen LogP contribution in [0.1, 0.15) is 103 Å². The van der Waals surface area contributed by atoms with Crippen LogP contribution in [0.2, 0.25) is 0 Å². The fourth-order valence-corrected chi connectivity index (χ4v) is 8.98. The van der Waals surface area contributed by atoms with Gasteiger partial charge in [-0.05, 0) is 89.2 Å². The predicted octanol–water partition coefficient (Wildman–Crippen LogP) is 6.55. The molecule has 2 N–H and O–H groups in total. The van der Waals surface area contributed by atoms with E-state index in [0.29, 0.717) is 17.6 Å². The van der Waals surface area contributed by atoms with Crippen LogP contribution in [0.5, 0.6) is 0 Å². The number of β-amino-alcohol motifs (C(OH)–C–C–N with tert-alkyl or cyclic N) is 1. The van der Waals surface area contributed by atoms with Gasteiger partial charge in [0.2, 0.25) is 11.8 Å². The monoisotopic (exact) mass is 748 g/mol. The molecule has 3 aliphatic rings. The molecule has 3 saturated heterocycles. The van der Waals surface area contributed by atoms with Crippen molar-refractivity contribution in [1.29, 1.82) is 0 Å². The molecule has 12 nitrogen and oxygen atoms in total. The van der Waals surface area contributed by atoms with Gasteiger partial charge >= 0.3 is 6.09 Å². The van der Waals surface area contributed by atoms with E-state index in [1.807, 2.05) is 89.2 Å². The molecular formula is C40H56N6O6S. The minimum absolute atomic E-state index is 0.0859. The number of ether oxygens (including phenoxy) is 1. The Balaban J connectivity index is 1.04. The zero-order valence-corrected chi connectivity index (χ0v) is 33.0. The topological polar surface area (TPSA) is 141 Å². The molecule has 0 bridgehead atoms. The lowest BCUT2D eigenvalue weighted by molar-refractivity contribution is -0.141. The van der Waals surface area contributed by atoms with E-state index >= 15 is 0 Å². The number of piperidine rings is 2. The number of aryl methyl sites for hydroxylation is 1. The lowest BCUT2D eigenvalue weighted by Gasteiger charge is -2.40. The van der Waals surface area contributed by atoms with Gasteiger partial charge < -0.3 is 34.4 Å². The third-order valence-corrected chi connectivity index (χ3v) is 12.1. The van der Waals surface area contributed by atoms with Crippen LogP contribution in [0, 0.1) is 24.7 Å². The molecule has 3 aromatic rings. The molecule has 0 aliphatic carbocycles. The molecule has 3 fully saturated rings. The van der Waals surface area contributed by atoms with Gasteiger partial charge in [-0.15, -0.1) is 11.3 Å². The van der Waals surface area contributed by atoms with Gasteiger partial charge in [0.05, 0.1) is 28.2 Å². The second-order valence-corrected chi connectivity index (χ2v) is 17.3. The summed E-state index contributed by atoms with van der Waals surface area (Å²) in [4.78, 5) is 51.5. The summed E-state index contributed by atoms with van der Waals surface area (Å²) in [7, 11) is 0. The molecule has 0 radical (unpaired) electrons. The maximum absolute atomic E-state index is 14.2. The number of thiazole rings is 1. The second-order valence-electron chi connectivity index (χ2n) is 16.5. The highest BCUT2D eigenvalue weighted by Crippen LogP contribution is 2.37. The fraction of sp³-hybridized carbons (Fsp3) is 0.625. The Morgan fingerprint density at radius 1 is 1.00 bits per heavy atom. The Hall–Kier alpha value is -3.97. The Kier molecular flexibility index (Phi) is 11.8. The number of nitrogens with zero attached hydrogens (tertiary/aromatic N) is 5. The van der Waals surface area contributed by atoms with E-state index in [1.165, 1.54) is 4.90 Å². The first-order valence-electron chi connectivity index (χ1n) is 19.2. The molecule has 0 unspecified atom stereocenters. The van der Waals surface area contributed by atoms with Crippen molar-refractivity contribution in [2.24, 2.45) is 17.8 Å². The summed E-state index contributed by atoms with van der Waals surface area (Å²) in [5.41, 5.74) is 4.36. The third kappa shape index (κ3) is 9.05. The summed E-state index contributed by atoms with van der Waals surface area (Å²) in [5.74, 6) is 1.06. The first-order chi connectivity index (χ1) is 25.2. The molecule has 53 heavy (non-hydrogen) atoms. The molecule has 4 atom stereocenters. The van der Waals surface area contributed by atoms with Crippen molar-refractivity contribution in [3.8, 4) is 10.4 Å². The van der Waals surface area contributed by atoms with Crippen molar-refractivity contribution in [3.05, 3.63) is 52.9 Å². The molecule has 6 rings (SSSR count). The van der Waals surface area contributed by atoms with Gasteiger partial charge in [0.25, 0.3) is 0 Å². The number of hydrogen-bond donors (Lipinski definition) is 2. The van der Waals surface area contributed by atoms with E-state index < -0.39 is 23.7 Å². The number of likely N-dealkylation sites (tertiary alicyclic amines) is 2. The van der Waals surface area contributed by atoms with Crippen molar-refractivity contribution < 1.29 is 28.8 Å². The van der Waals surface area contributed by atoms with Gasteiger partial charge in [-0.2, -0.15) is 0 Å². The van der Waals surface area contributed by atoms with Crippen molar-refractivity contribution in [1.82, 2.24) is 25.3 Å². The van der Waals surface area contributed by atoms with Gasteiger partial charge in [0, 0.05) is 45.2 Å². The largest absolute Gasteiger partial charge is 0.444 e. The minimum atomic E-state index is -0.795. The SMILES string of the molecule is Cc1ncsc1-c1ccc([C@H](C)NC(=O)[C@@H]2C[C@@H](O)CN2C(=O)[C@@H](c2cc(N3CCC(C4CCN(C(=O)OC(C)(C)C)CC4)CC3)no2)C(C)C)cc1.